The quantitative estimate of drug-likeness (QED) is 0.0662. The summed E-state index contributed by atoms with van der Waals surface area (Å²) in [7, 11) is 7.42. The average Bonchev–Trinajstić information content (AvgIpc) is 2.85. The summed E-state index contributed by atoms with van der Waals surface area (Å²) in [5, 5.41) is 0. The number of hydrogen-bond acceptors (Lipinski definition) is 3. The molecule has 0 N–H and O–H groups in total. The molecule has 0 unspecified atom stereocenters. The minimum Gasteiger partial charge on any atom is -1.00 e. The van der Waals surface area contributed by atoms with Gasteiger partial charge in [-0.3, -0.25) is 0 Å². The Labute approximate surface area is 235 Å². The van der Waals surface area contributed by atoms with Gasteiger partial charge in [0.1, 0.15) is 0 Å². The smallest absolute Gasteiger partial charge is 0.500 e. The monoisotopic (exact) mass is 551 g/mol. The van der Waals surface area contributed by atoms with Gasteiger partial charge in [-0.1, -0.05) is 122 Å². The van der Waals surface area contributed by atoms with Crippen LogP contribution >= 0.6 is 0 Å². The van der Waals surface area contributed by atoms with Crippen LogP contribution in [-0.2, 0) is 13.3 Å². The lowest BCUT2D eigenvalue weighted by Gasteiger charge is -2.31. The molecule has 0 aromatic carbocycles. The molecule has 0 heterocycles. The van der Waals surface area contributed by atoms with Crippen LogP contribution in [0.1, 0.15) is 142 Å². The van der Waals surface area contributed by atoms with E-state index in [2.05, 4.69) is 21.0 Å². The Kier molecular flexibility index (Phi) is 28.8. The zero-order valence-corrected chi connectivity index (χ0v) is 27.3. The maximum Gasteiger partial charge on any atom is 0.500 e. The Morgan fingerprint density at radius 2 is 0.722 bits per heavy atom. The van der Waals surface area contributed by atoms with Crippen LogP contribution < -0.4 is 12.4 Å². The lowest BCUT2D eigenvalue weighted by molar-refractivity contribution is -0.890. The number of rotatable bonds is 28. The van der Waals surface area contributed by atoms with E-state index in [4.69, 9.17) is 13.3 Å². The fourth-order valence-electron chi connectivity index (χ4n) is 5.19. The van der Waals surface area contributed by atoms with Crippen LogP contribution in [0.4, 0.5) is 0 Å². The Bertz CT molecular complexity index is 428. The van der Waals surface area contributed by atoms with Crippen LogP contribution in [0.5, 0.6) is 0 Å². The minimum atomic E-state index is -2.41. The van der Waals surface area contributed by atoms with Gasteiger partial charge in [0.25, 0.3) is 0 Å². The minimum absolute atomic E-state index is 0. The first-order chi connectivity index (χ1) is 16.9. The third-order valence-electron chi connectivity index (χ3n) is 7.80. The molecule has 0 amide bonds. The van der Waals surface area contributed by atoms with E-state index in [1.165, 1.54) is 135 Å². The summed E-state index contributed by atoms with van der Waals surface area (Å²) in [4.78, 5) is 0. The molecule has 0 saturated carbocycles. The lowest BCUT2D eigenvalue weighted by atomic mass is 10.0. The summed E-state index contributed by atoms with van der Waals surface area (Å²) in [6, 6.07) is 0.900. The zero-order valence-electron chi connectivity index (χ0n) is 25.5. The predicted molar refractivity (Wildman–Crippen MR) is 156 cm³/mol. The summed E-state index contributed by atoms with van der Waals surface area (Å²) in [5.74, 6) is 0. The summed E-state index contributed by atoms with van der Waals surface area (Å²) in [5.41, 5.74) is 0. The third kappa shape index (κ3) is 23.5. The second-order valence-electron chi connectivity index (χ2n) is 11.5. The average molecular weight is 552 g/mol. The summed E-state index contributed by atoms with van der Waals surface area (Å²) >= 11 is 0. The van der Waals surface area contributed by atoms with Crippen LogP contribution in [0.2, 0.25) is 6.04 Å². The first-order valence-electron chi connectivity index (χ1n) is 15.4. The summed E-state index contributed by atoms with van der Waals surface area (Å²) in [6.07, 6.45) is 29.9. The molecule has 0 aromatic heterocycles. The molecule has 6 heteroatoms. The van der Waals surface area contributed by atoms with Crippen molar-refractivity contribution in [2.75, 3.05) is 48.5 Å². The van der Waals surface area contributed by atoms with Crippen molar-refractivity contribution >= 4 is 8.80 Å². The maximum absolute atomic E-state index is 5.54. The normalized spacial score (nSPS) is 12.2. The fourth-order valence-corrected chi connectivity index (χ4v) is 6.89. The van der Waals surface area contributed by atoms with Crippen molar-refractivity contribution in [1.82, 2.24) is 0 Å². The number of quaternary nitrogens is 1. The predicted octanol–water partition coefficient (Wildman–Crippen LogP) is 6.16. The van der Waals surface area contributed by atoms with Gasteiger partial charge in [-0.2, -0.15) is 0 Å². The number of hydrogen-bond donors (Lipinski definition) is 0. The molecule has 0 radical (unpaired) electrons. The van der Waals surface area contributed by atoms with E-state index in [-0.39, 0.29) is 12.4 Å². The Morgan fingerprint density at radius 3 is 1.03 bits per heavy atom. The number of halogens is 1. The van der Waals surface area contributed by atoms with Gasteiger partial charge in [-0.25, -0.2) is 0 Å². The van der Waals surface area contributed by atoms with Crippen LogP contribution in [-0.4, -0.2) is 61.8 Å². The first-order valence-corrected chi connectivity index (χ1v) is 17.4. The van der Waals surface area contributed by atoms with Gasteiger partial charge in [-0.05, 0) is 12.8 Å². The standard InChI is InChI=1S/C30H66NO3Si.ClH/c1-7-8-9-10-11-12-13-14-15-16-17-18-19-20-21-22-23-24-25-26-28-31(2,3)29-27-30-35(32-4,33-5)34-6;/h7-30H2,1-6H3;1H/q+1;/p-1. The Balaban J connectivity index is 0. The highest BCUT2D eigenvalue weighted by Gasteiger charge is 2.37. The van der Waals surface area contributed by atoms with Crippen LogP contribution in [0, 0.1) is 0 Å². The Morgan fingerprint density at radius 1 is 0.444 bits per heavy atom. The molecule has 0 fully saturated rings. The number of nitrogens with zero attached hydrogens (tertiary/aromatic N) is 1. The molecule has 220 valence electrons. The van der Waals surface area contributed by atoms with Gasteiger partial charge in [0.15, 0.2) is 0 Å². The Hall–Kier alpha value is 0.347. The van der Waals surface area contributed by atoms with E-state index in [0.29, 0.717) is 0 Å². The molecule has 0 aliphatic heterocycles. The van der Waals surface area contributed by atoms with E-state index in [0.717, 1.165) is 23.5 Å². The molecule has 0 atom stereocenters. The van der Waals surface area contributed by atoms with Crippen molar-refractivity contribution in [3.8, 4) is 0 Å². The molecule has 0 spiro atoms. The molecular weight excluding hydrogens is 486 g/mol. The van der Waals surface area contributed by atoms with Crippen molar-refractivity contribution < 1.29 is 30.2 Å². The van der Waals surface area contributed by atoms with Gasteiger partial charge in [0.05, 0.1) is 27.2 Å². The van der Waals surface area contributed by atoms with Crippen molar-refractivity contribution in [2.45, 2.75) is 148 Å². The molecule has 36 heavy (non-hydrogen) atoms. The van der Waals surface area contributed by atoms with Gasteiger partial charge >= 0.3 is 8.80 Å². The van der Waals surface area contributed by atoms with Gasteiger partial charge in [-0.15, -0.1) is 0 Å². The largest absolute Gasteiger partial charge is 1.00 e. The van der Waals surface area contributed by atoms with E-state index in [9.17, 15) is 0 Å². The molecule has 0 aromatic rings. The van der Waals surface area contributed by atoms with Gasteiger partial charge in [0.2, 0.25) is 0 Å². The second-order valence-corrected chi connectivity index (χ2v) is 14.6. The topological polar surface area (TPSA) is 27.7 Å². The first kappa shape index (κ1) is 38.5. The second kappa shape index (κ2) is 26.9. The molecule has 0 aliphatic rings. The summed E-state index contributed by atoms with van der Waals surface area (Å²) in [6.45, 7) is 4.72. The molecular formula is C30H66ClNO3Si. The SMILES string of the molecule is CCCCCCCCCCCCCCCCCCCCCC[N+](C)(C)CCC[Si](OC)(OC)OC.[Cl-]. The van der Waals surface area contributed by atoms with Crippen molar-refractivity contribution in [3.63, 3.8) is 0 Å². The summed E-state index contributed by atoms with van der Waals surface area (Å²) < 4.78 is 17.7. The highest BCUT2D eigenvalue weighted by molar-refractivity contribution is 6.60. The van der Waals surface area contributed by atoms with E-state index < -0.39 is 8.80 Å². The molecule has 0 saturated heterocycles. The molecule has 0 aliphatic carbocycles. The van der Waals surface area contributed by atoms with Gasteiger partial charge < -0.3 is 30.2 Å². The lowest BCUT2D eigenvalue weighted by Crippen LogP contribution is -3.00. The highest BCUT2D eigenvalue weighted by atomic mass is 35.5. The van der Waals surface area contributed by atoms with Crippen molar-refractivity contribution in [1.29, 1.82) is 0 Å². The van der Waals surface area contributed by atoms with Gasteiger partial charge in [0, 0.05) is 33.8 Å². The van der Waals surface area contributed by atoms with E-state index in [1.807, 2.05) is 0 Å². The molecule has 0 rings (SSSR count). The zero-order chi connectivity index (χ0) is 26.1. The van der Waals surface area contributed by atoms with E-state index >= 15 is 0 Å². The van der Waals surface area contributed by atoms with Crippen molar-refractivity contribution in [2.24, 2.45) is 0 Å². The highest BCUT2D eigenvalue weighted by Crippen LogP contribution is 2.18. The molecule has 4 nitrogen and oxygen atoms in total. The fraction of sp³-hybridized carbons (Fsp3) is 1.00. The maximum atomic E-state index is 5.54. The number of unbranched alkanes of at least 4 members (excludes halogenated alkanes) is 19. The van der Waals surface area contributed by atoms with Crippen LogP contribution in [0.3, 0.4) is 0 Å². The van der Waals surface area contributed by atoms with Crippen LogP contribution in [0.25, 0.3) is 0 Å². The van der Waals surface area contributed by atoms with E-state index in [1.54, 1.807) is 21.3 Å². The third-order valence-corrected chi connectivity index (χ3v) is 10.6. The molecule has 0 bridgehead atoms. The van der Waals surface area contributed by atoms with Crippen LogP contribution in [0.15, 0.2) is 0 Å². The van der Waals surface area contributed by atoms with Crippen molar-refractivity contribution in [3.05, 3.63) is 0 Å².